The summed E-state index contributed by atoms with van der Waals surface area (Å²) in [6, 6.07) is 22.3. The van der Waals surface area contributed by atoms with Crippen LogP contribution in [-0.4, -0.2) is 57.0 Å². The van der Waals surface area contributed by atoms with E-state index in [2.05, 4.69) is 15.9 Å². The fourth-order valence-electron chi connectivity index (χ4n) is 4.19. The summed E-state index contributed by atoms with van der Waals surface area (Å²) in [6.07, 6.45) is -0.548. The number of esters is 1. The monoisotopic (exact) mass is 601 g/mol. The van der Waals surface area contributed by atoms with Gasteiger partial charge in [-0.25, -0.2) is 18.2 Å². The Hall–Kier alpha value is -3.21. The van der Waals surface area contributed by atoms with Crippen molar-refractivity contribution in [2.24, 2.45) is 4.99 Å². The van der Waals surface area contributed by atoms with Crippen LogP contribution in [0.3, 0.4) is 0 Å². The number of methoxy groups -OCH3 is 1. The Morgan fingerprint density at radius 2 is 1.74 bits per heavy atom. The Kier molecular flexibility index (Phi) is 8.86. The molecule has 0 unspecified atom stereocenters. The van der Waals surface area contributed by atoms with Crippen molar-refractivity contribution in [3.05, 3.63) is 94.5 Å². The molecule has 0 radical (unpaired) electrons. The van der Waals surface area contributed by atoms with Crippen molar-refractivity contribution in [3.8, 4) is 5.75 Å². The van der Waals surface area contributed by atoms with E-state index in [0.29, 0.717) is 29.9 Å². The van der Waals surface area contributed by atoms with Crippen LogP contribution in [0.4, 0.5) is 0 Å². The van der Waals surface area contributed by atoms with Crippen molar-refractivity contribution in [3.63, 3.8) is 0 Å². The smallest absolute Gasteiger partial charge is 0.338 e. The van der Waals surface area contributed by atoms with E-state index in [1.165, 1.54) is 19.2 Å². The fourth-order valence-corrected chi connectivity index (χ4v) is 5.84. The topological polar surface area (TPSA) is 111 Å². The third-order valence-corrected chi connectivity index (χ3v) is 8.46. The van der Waals surface area contributed by atoms with E-state index in [1.807, 2.05) is 12.1 Å². The third-order valence-electron chi connectivity index (χ3n) is 6.20. The number of benzene rings is 3. The van der Waals surface area contributed by atoms with Crippen LogP contribution < -0.4 is 4.74 Å². The Bertz CT molecular complexity index is 1380. The molecule has 0 spiro atoms. The number of sulfone groups is 1. The molecule has 1 aliphatic rings. The van der Waals surface area contributed by atoms with Crippen molar-refractivity contribution in [2.45, 2.75) is 29.4 Å². The van der Waals surface area contributed by atoms with Gasteiger partial charge in [0.25, 0.3) is 0 Å². The predicted molar refractivity (Wildman–Crippen MR) is 146 cm³/mol. The van der Waals surface area contributed by atoms with Gasteiger partial charge in [0.2, 0.25) is 11.4 Å². The zero-order valence-electron chi connectivity index (χ0n) is 20.7. The summed E-state index contributed by atoms with van der Waals surface area (Å²) in [5, 5.41) is 8.95. The quantitative estimate of drug-likeness (QED) is 0.254. The number of ether oxygens (including phenoxy) is 3. The van der Waals surface area contributed by atoms with Gasteiger partial charge in [0.05, 0.1) is 24.4 Å². The van der Waals surface area contributed by atoms with E-state index in [4.69, 9.17) is 24.3 Å². The van der Waals surface area contributed by atoms with E-state index < -0.39 is 27.4 Å². The van der Waals surface area contributed by atoms with Gasteiger partial charge in [-0.3, -0.25) is 0 Å². The summed E-state index contributed by atoms with van der Waals surface area (Å²) in [4.78, 5) is 18.2. The third kappa shape index (κ3) is 6.09. The van der Waals surface area contributed by atoms with Gasteiger partial charge in [-0.15, -0.1) is 0 Å². The molecule has 0 saturated carbocycles. The van der Waals surface area contributed by atoms with Crippen molar-refractivity contribution >= 4 is 37.6 Å². The number of aliphatic hydroxyl groups excluding tert-OH is 1. The van der Waals surface area contributed by atoms with Crippen molar-refractivity contribution in [1.82, 2.24) is 0 Å². The predicted octanol–water partition coefficient (Wildman–Crippen LogP) is 4.50. The molecule has 0 bridgehead atoms. The molecule has 0 fully saturated rings. The molecule has 0 amide bonds. The average Bonchev–Trinajstić information content (AvgIpc) is 3.34. The molecule has 0 aromatic heterocycles. The lowest BCUT2D eigenvalue weighted by atomic mass is 9.86. The Morgan fingerprint density at radius 3 is 2.37 bits per heavy atom. The molecule has 38 heavy (non-hydrogen) atoms. The minimum atomic E-state index is -3.71. The zero-order chi connectivity index (χ0) is 27.2. The number of hydrogen-bond donors (Lipinski definition) is 1. The molecule has 3 aromatic rings. The Labute approximate surface area is 230 Å². The first kappa shape index (κ1) is 27.8. The van der Waals surface area contributed by atoms with Crippen LogP contribution in [0.1, 0.15) is 30.1 Å². The summed E-state index contributed by atoms with van der Waals surface area (Å²) >= 11 is 3.42. The lowest BCUT2D eigenvalue weighted by molar-refractivity contribution is -0.150. The molecule has 3 aromatic carbocycles. The molecule has 2 atom stereocenters. The van der Waals surface area contributed by atoms with Gasteiger partial charge in [-0.2, -0.15) is 0 Å². The molecule has 10 heteroatoms. The molecule has 0 aliphatic carbocycles. The number of carbonyl (C=O) groups excluding carboxylic acids is 1. The first-order chi connectivity index (χ1) is 18.3. The maximum atomic E-state index is 13.4. The number of nitrogens with zero attached hydrogens (tertiary/aromatic N) is 1. The Morgan fingerprint density at radius 1 is 1.05 bits per heavy atom. The number of carbonyl (C=O) groups is 1. The number of halogens is 1. The molecular formula is C28H28BrNO7S. The van der Waals surface area contributed by atoms with Crippen molar-refractivity contribution in [1.29, 1.82) is 0 Å². The second kappa shape index (κ2) is 12.1. The van der Waals surface area contributed by atoms with Gasteiger partial charge in [-0.05, 0) is 54.1 Å². The maximum absolute atomic E-state index is 13.4. The lowest BCUT2D eigenvalue weighted by Gasteiger charge is -2.29. The second-order valence-corrected chi connectivity index (χ2v) is 11.7. The Balaban J connectivity index is 1.72. The first-order valence-corrected chi connectivity index (χ1v) is 14.5. The molecule has 1 aliphatic heterocycles. The van der Waals surface area contributed by atoms with E-state index >= 15 is 0 Å². The van der Waals surface area contributed by atoms with Gasteiger partial charge < -0.3 is 19.3 Å². The van der Waals surface area contributed by atoms with Gasteiger partial charge in [0, 0.05) is 29.5 Å². The van der Waals surface area contributed by atoms with Crippen LogP contribution in [0.25, 0.3) is 0 Å². The summed E-state index contributed by atoms with van der Waals surface area (Å²) in [7, 11) is -2.46. The number of aliphatic imine (C=N–C) groups is 1. The summed E-state index contributed by atoms with van der Waals surface area (Å²) in [5.41, 5.74) is -0.382. The molecule has 8 nitrogen and oxygen atoms in total. The average molecular weight is 603 g/mol. The van der Waals surface area contributed by atoms with Crippen LogP contribution in [-0.2, 0) is 24.1 Å². The largest absolute Gasteiger partial charge is 0.494 e. The van der Waals surface area contributed by atoms with Gasteiger partial charge in [-0.1, -0.05) is 46.3 Å². The SMILES string of the molecule is COC(=O)[C@]1(CCS(=O)(=O)c2ccccc2)N=C(c2ccc(OCCCO)cc2)O[C@@H]1c1ccc(Br)cc1. The summed E-state index contributed by atoms with van der Waals surface area (Å²) in [5.74, 6) is -0.217. The minimum Gasteiger partial charge on any atom is -0.494 e. The first-order valence-electron chi connectivity index (χ1n) is 12.0. The van der Waals surface area contributed by atoms with Crippen LogP contribution >= 0.6 is 15.9 Å². The van der Waals surface area contributed by atoms with Gasteiger partial charge in [0.15, 0.2) is 15.9 Å². The molecule has 4 rings (SSSR count). The highest BCUT2D eigenvalue weighted by molar-refractivity contribution is 9.10. The second-order valence-electron chi connectivity index (χ2n) is 8.71. The van der Waals surface area contributed by atoms with Gasteiger partial charge >= 0.3 is 5.97 Å². The fraction of sp³-hybridized carbons (Fsp3) is 0.286. The number of aliphatic hydroxyl groups is 1. The molecule has 200 valence electrons. The van der Waals surface area contributed by atoms with E-state index in [9.17, 15) is 13.2 Å². The van der Waals surface area contributed by atoms with E-state index in [0.717, 1.165) is 4.47 Å². The molecule has 1 N–H and O–H groups in total. The highest BCUT2D eigenvalue weighted by Gasteiger charge is 2.54. The van der Waals surface area contributed by atoms with Crippen LogP contribution in [0.2, 0.25) is 0 Å². The minimum absolute atomic E-state index is 0.0375. The number of rotatable bonds is 11. The van der Waals surface area contributed by atoms with Crippen LogP contribution in [0.15, 0.2) is 93.2 Å². The van der Waals surface area contributed by atoms with Crippen molar-refractivity contribution in [2.75, 3.05) is 26.1 Å². The van der Waals surface area contributed by atoms with Crippen LogP contribution in [0, 0.1) is 0 Å². The highest BCUT2D eigenvalue weighted by Crippen LogP contribution is 2.44. The number of hydrogen-bond acceptors (Lipinski definition) is 8. The lowest BCUT2D eigenvalue weighted by Crippen LogP contribution is -2.43. The molecule has 1 heterocycles. The molecule has 0 saturated heterocycles. The van der Waals surface area contributed by atoms with Gasteiger partial charge in [0.1, 0.15) is 5.75 Å². The highest BCUT2D eigenvalue weighted by atomic mass is 79.9. The summed E-state index contributed by atoms with van der Waals surface area (Å²) < 4.78 is 44.2. The van der Waals surface area contributed by atoms with E-state index in [1.54, 1.807) is 54.6 Å². The van der Waals surface area contributed by atoms with Crippen LogP contribution in [0.5, 0.6) is 5.75 Å². The maximum Gasteiger partial charge on any atom is 0.338 e. The normalized spacial score (nSPS) is 18.9. The molecular weight excluding hydrogens is 574 g/mol. The van der Waals surface area contributed by atoms with E-state index in [-0.39, 0.29) is 29.6 Å². The summed E-state index contributed by atoms with van der Waals surface area (Å²) in [6.45, 7) is 0.413. The van der Waals surface area contributed by atoms with Crippen molar-refractivity contribution < 1.29 is 32.5 Å². The standard InChI is InChI=1S/C28H28BrNO7S/c1-35-27(32)28(16-19-38(33,34)24-6-3-2-4-7-24)25(20-8-12-22(29)13-9-20)37-26(30-28)21-10-14-23(15-11-21)36-18-5-17-31/h2-4,6-15,25,31H,5,16-19H2,1H3/t25-,28-/m1/s1. The zero-order valence-corrected chi connectivity index (χ0v) is 23.2.